The summed E-state index contributed by atoms with van der Waals surface area (Å²) in [6.45, 7) is 0. The molecule has 0 N–H and O–H groups in total. The van der Waals surface area contributed by atoms with Crippen molar-refractivity contribution in [2.75, 3.05) is 0 Å². The Kier molecular flexibility index (Phi) is 1.90. The molecule has 0 aromatic carbocycles. The summed E-state index contributed by atoms with van der Waals surface area (Å²) in [5.41, 5.74) is 0. The number of nitrogens with zero attached hydrogens (tertiary/aromatic N) is 6. The third kappa shape index (κ3) is 1.31. The predicted octanol–water partition coefficient (Wildman–Crippen LogP) is -1.32. The van der Waals surface area contributed by atoms with Gasteiger partial charge in [0.25, 0.3) is 0 Å². The number of hydrogen-bond acceptors (Lipinski definition) is 7. The summed E-state index contributed by atoms with van der Waals surface area (Å²) >= 11 is 0. The van der Waals surface area contributed by atoms with Crippen LogP contribution in [0.3, 0.4) is 0 Å². The fourth-order valence-electron chi connectivity index (χ4n) is 0.527. The van der Waals surface area contributed by atoms with Crippen LogP contribution < -0.4 is 0 Å². The Balaban J connectivity index is 2.96. The van der Waals surface area contributed by atoms with Crippen LogP contribution in [0.2, 0.25) is 0 Å². The Labute approximate surface area is 64.1 Å². The molecule has 0 bridgehead atoms. The van der Waals surface area contributed by atoms with Crippen molar-refractivity contribution in [3.8, 4) is 0 Å². The first kappa shape index (κ1) is 7.97. The van der Waals surface area contributed by atoms with Crippen LogP contribution in [-0.2, 0) is 0 Å². The van der Waals surface area contributed by atoms with E-state index >= 15 is 0 Å². The second-order valence-electron chi connectivity index (χ2n) is 1.67. The Morgan fingerprint density at radius 1 is 1.33 bits per heavy atom. The normalized spacial score (nSPS) is 10.1. The van der Waals surface area contributed by atoms with Gasteiger partial charge in [0, 0.05) is 0 Å². The Hall–Kier alpha value is -2.13. The summed E-state index contributed by atoms with van der Waals surface area (Å²) in [5.74, 6) is 0. The molecule has 0 spiro atoms. The molecule has 0 saturated carbocycles. The summed E-state index contributed by atoms with van der Waals surface area (Å²) < 4.78 is 0. The minimum absolute atomic E-state index is 0.306. The maximum absolute atomic E-state index is 10.1. The van der Waals surface area contributed by atoms with E-state index in [9.17, 15) is 20.2 Å². The summed E-state index contributed by atoms with van der Waals surface area (Å²) in [6.07, 6.45) is -1.33. The molecule has 0 saturated heterocycles. The highest BCUT2D eigenvalue weighted by molar-refractivity contribution is 4.38. The lowest BCUT2D eigenvalue weighted by molar-refractivity contribution is -0.776. The van der Waals surface area contributed by atoms with Crippen molar-refractivity contribution >= 4 is 0 Å². The standard InChI is InChI=1S/C2H2N6O4/c9-7(10)2(8(11)12)6-4-1-3-5-6/h1-2H. The van der Waals surface area contributed by atoms with Gasteiger partial charge in [-0.15, -0.1) is 10.2 Å². The van der Waals surface area contributed by atoms with E-state index in [4.69, 9.17) is 0 Å². The van der Waals surface area contributed by atoms with Crippen LogP contribution in [0.25, 0.3) is 0 Å². The van der Waals surface area contributed by atoms with Crippen molar-refractivity contribution in [3.05, 3.63) is 26.6 Å². The van der Waals surface area contributed by atoms with E-state index < -0.39 is 16.1 Å². The van der Waals surface area contributed by atoms with Crippen LogP contribution in [0.1, 0.15) is 6.29 Å². The number of rotatable bonds is 3. The van der Waals surface area contributed by atoms with Crippen molar-refractivity contribution in [1.29, 1.82) is 0 Å². The Morgan fingerprint density at radius 2 is 1.92 bits per heavy atom. The molecule has 0 atom stereocenters. The highest BCUT2D eigenvalue weighted by Crippen LogP contribution is 2.01. The molecule has 0 amide bonds. The molecule has 64 valence electrons. The molecule has 1 aromatic rings. The molecule has 0 radical (unpaired) electrons. The van der Waals surface area contributed by atoms with E-state index in [-0.39, 0.29) is 0 Å². The third-order valence-corrected chi connectivity index (χ3v) is 0.949. The van der Waals surface area contributed by atoms with E-state index in [0.29, 0.717) is 4.80 Å². The summed E-state index contributed by atoms with van der Waals surface area (Å²) in [7, 11) is 0. The van der Waals surface area contributed by atoms with Gasteiger partial charge in [-0.05, 0) is 10.0 Å². The number of nitro groups is 2. The quantitative estimate of drug-likeness (QED) is 0.315. The second-order valence-corrected chi connectivity index (χ2v) is 1.67. The average Bonchev–Trinajstić information content (AvgIpc) is 2.37. The zero-order valence-electron chi connectivity index (χ0n) is 5.47. The highest BCUT2D eigenvalue weighted by atomic mass is 16.7. The maximum atomic E-state index is 10.1. The minimum atomic E-state index is -2.20. The fraction of sp³-hybridized carbons (Fsp3) is 0.500. The SMILES string of the molecule is O=[N+]([O-])C(n1ncnn1)[N+](=O)[O-]. The molecule has 1 rings (SSSR count). The molecule has 0 aliphatic rings. The topological polar surface area (TPSA) is 130 Å². The van der Waals surface area contributed by atoms with E-state index in [1.807, 2.05) is 0 Å². The van der Waals surface area contributed by atoms with Crippen molar-refractivity contribution in [1.82, 2.24) is 20.2 Å². The maximum Gasteiger partial charge on any atom is 0.570 e. The van der Waals surface area contributed by atoms with Gasteiger partial charge in [0.2, 0.25) is 0 Å². The predicted molar refractivity (Wildman–Crippen MR) is 30.8 cm³/mol. The first-order valence-electron chi connectivity index (χ1n) is 2.62. The smallest absolute Gasteiger partial charge is 0.257 e. The first-order chi connectivity index (χ1) is 5.63. The lowest BCUT2D eigenvalue weighted by Gasteiger charge is -1.96. The van der Waals surface area contributed by atoms with Crippen LogP contribution in [-0.4, -0.2) is 30.1 Å². The number of hydrogen-bond donors (Lipinski definition) is 0. The minimum Gasteiger partial charge on any atom is -0.257 e. The highest BCUT2D eigenvalue weighted by Gasteiger charge is 2.36. The zero-order valence-corrected chi connectivity index (χ0v) is 5.47. The molecule has 1 aromatic heterocycles. The molecule has 10 nitrogen and oxygen atoms in total. The van der Waals surface area contributed by atoms with Crippen LogP contribution >= 0.6 is 0 Å². The average molecular weight is 174 g/mol. The number of tetrazole rings is 1. The zero-order chi connectivity index (χ0) is 9.14. The van der Waals surface area contributed by atoms with Crippen molar-refractivity contribution in [3.63, 3.8) is 0 Å². The van der Waals surface area contributed by atoms with Gasteiger partial charge in [-0.3, -0.25) is 20.2 Å². The fourth-order valence-corrected chi connectivity index (χ4v) is 0.527. The van der Waals surface area contributed by atoms with Gasteiger partial charge in [0.15, 0.2) is 6.33 Å². The van der Waals surface area contributed by atoms with Gasteiger partial charge < -0.3 is 0 Å². The molecule has 0 unspecified atom stereocenters. The lowest BCUT2D eigenvalue weighted by Crippen LogP contribution is -2.28. The van der Waals surface area contributed by atoms with Gasteiger partial charge in [-0.2, -0.15) is 0 Å². The van der Waals surface area contributed by atoms with Gasteiger partial charge in [0.05, 0.1) is 0 Å². The van der Waals surface area contributed by atoms with Crippen LogP contribution in [0.4, 0.5) is 0 Å². The van der Waals surface area contributed by atoms with E-state index in [0.717, 1.165) is 6.33 Å². The van der Waals surface area contributed by atoms with Gasteiger partial charge in [-0.25, -0.2) is 0 Å². The van der Waals surface area contributed by atoms with E-state index in [2.05, 4.69) is 15.4 Å². The molecule has 1 heterocycles. The van der Waals surface area contributed by atoms with Crippen LogP contribution in [0.15, 0.2) is 6.33 Å². The molecule has 12 heavy (non-hydrogen) atoms. The van der Waals surface area contributed by atoms with Gasteiger partial charge in [0.1, 0.15) is 9.85 Å². The second kappa shape index (κ2) is 2.86. The summed E-state index contributed by atoms with van der Waals surface area (Å²) in [5, 5.41) is 29.5. The summed E-state index contributed by atoms with van der Waals surface area (Å²) in [4.78, 5) is 18.2. The van der Waals surface area contributed by atoms with E-state index in [1.54, 1.807) is 0 Å². The molecule has 10 heteroatoms. The summed E-state index contributed by atoms with van der Waals surface area (Å²) in [6, 6.07) is 0. The van der Waals surface area contributed by atoms with Crippen molar-refractivity contribution < 1.29 is 9.85 Å². The Bertz CT molecular complexity index is 279. The largest absolute Gasteiger partial charge is 0.570 e. The molecule has 0 aliphatic carbocycles. The third-order valence-electron chi connectivity index (χ3n) is 0.949. The molecule has 0 fully saturated rings. The van der Waals surface area contributed by atoms with E-state index in [1.165, 1.54) is 0 Å². The van der Waals surface area contributed by atoms with Crippen LogP contribution in [0, 0.1) is 20.2 Å². The molecular weight excluding hydrogens is 172 g/mol. The van der Waals surface area contributed by atoms with Crippen LogP contribution in [0.5, 0.6) is 0 Å². The first-order valence-corrected chi connectivity index (χ1v) is 2.62. The molecular formula is C2H2N6O4. The molecule has 0 aliphatic heterocycles. The lowest BCUT2D eigenvalue weighted by atomic mass is 10.9. The Morgan fingerprint density at radius 3 is 2.25 bits per heavy atom. The van der Waals surface area contributed by atoms with Gasteiger partial charge in [-0.1, -0.05) is 0 Å². The van der Waals surface area contributed by atoms with Gasteiger partial charge >= 0.3 is 6.29 Å². The number of aromatic nitrogens is 4. The van der Waals surface area contributed by atoms with Crippen molar-refractivity contribution in [2.45, 2.75) is 6.29 Å². The van der Waals surface area contributed by atoms with Crippen molar-refractivity contribution in [2.24, 2.45) is 0 Å². The monoisotopic (exact) mass is 174 g/mol.